The first-order chi connectivity index (χ1) is 6.75. The van der Waals surface area contributed by atoms with Crippen LogP contribution in [0, 0.1) is 10.8 Å². The molecule has 0 saturated heterocycles. The Bertz CT molecular complexity index is 212. The van der Waals surface area contributed by atoms with Gasteiger partial charge < -0.3 is 15.2 Å². The number of hydrogen-bond donors (Lipinski definition) is 2. The smallest absolute Gasteiger partial charge is 0.312 e. The predicted molar refractivity (Wildman–Crippen MR) is 59.5 cm³/mol. The molecule has 0 aromatic heterocycles. The molecular formula is C11H23NO3. The van der Waals surface area contributed by atoms with E-state index >= 15 is 0 Å². The van der Waals surface area contributed by atoms with Gasteiger partial charge in [-0.25, -0.2) is 0 Å². The number of hydrogen-bond acceptors (Lipinski definition) is 4. The van der Waals surface area contributed by atoms with Gasteiger partial charge >= 0.3 is 5.97 Å². The Morgan fingerprint density at radius 3 is 2.20 bits per heavy atom. The largest absolute Gasteiger partial charge is 0.469 e. The van der Waals surface area contributed by atoms with E-state index in [9.17, 15) is 4.79 Å². The van der Waals surface area contributed by atoms with E-state index in [1.54, 1.807) is 0 Å². The van der Waals surface area contributed by atoms with Crippen LogP contribution in [-0.4, -0.2) is 37.9 Å². The van der Waals surface area contributed by atoms with Crippen molar-refractivity contribution < 1.29 is 14.6 Å². The highest BCUT2D eigenvalue weighted by Crippen LogP contribution is 2.17. The Kier molecular flexibility index (Phi) is 5.24. The molecule has 0 amide bonds. The maximum absolute atomic E-state index is 11.3. The molecular weight excluding hydrogens is 194 g/mol. The van der Waals surface area contributed by atoms with Gasteiger partial charge in [0.05, 0.1) is 12.5 Å². The molecule has 0 heterocycles. The Balaban J connectivity index is 4.00. The number of carbonyl (C=O) groups excluding carboxylic acids is 1. The van der Waals surface area contributed by atoms with E-state index in [4.69, 9.17) is 9.84 Å². The van der Waals surface area contributed by atoms with Crippen molar-refractivity contribution in [2.45, 2.75) is 27.7 Å². The second-order valence-electron chi connectivity index (χ2n) is 5.30. The molecule has 0 unspecified atom stereocenters. The van der Waals surface area contributed by atoms with Crippen molar-refractivity contribution in [2.24, 2.45) is 10.8 Å². The summed E-state index contributed by atoms with van der Waals surface area (Å²) in [4.78, 5) is 11.3. The quantitative estimate of drug-likeness (QED) is 0.646. The highest BCUT2D eigenvalue weighted by Gasteiger charge is 2.29. The third kappa shape index (κ3) is 5.14. The van der Waals surface area contributed by atoms with Crippen LogP contribution in [-0.2, 0) is 9.53 Å². The zero-order chi connectivity index (χ0) is 12.1. The second-order valence-corrected chi connectivity index (χ2v) is 5.30. The van der Waals surface area contributed by atoms with Crippen LogP contribution in [0.5, 0.6) is 0 Å². The zero-order valence-corrected chi connectivity index (χ0v) is 10.4. The minimum absolute atomic E-state index is 0.124. The molecule has 0 saturated carbocycles. The monoisotopic (exact) mass is 217 g/mol. The minimum Gasteiger partial charge on any atom is -0.469 e. The Hall–Kier alpha value is -0.610. The third-order valence-corrected chi connectivity index (χ3v) is 2.34. The van der Waals surface area contributed by atoms with Crippen LogP contribution in [0.4, 0.5) is 0 Å². The summed E-state index contributed by atoms with van der Waals surface area (Å²) in [6.45, 7) is 8.93. The van der Waals surface area contributed by atoms with Crippen molar-refractivity contribution in [3.05, 3.63) is 0 Å². The van der Waals surface area contributed by atoms with Gasteiger partial charge in [0, 0.05) is 25.1 Å². The molecule has 4 nitrogen and oxygen atoms in total. The summed E-state index contributed by atoms with van der Waals surface area (Å²) < 4.78 is 4.70. The van der Waals surface area contributed by atoms with E-state index in [0.717, 1.165) is 0 Å². The van der Waals surface area contributed by atoms with Gasteiger partial charge in [-0.1, -0.05) is 13.8 Å². The van der Waals surface area contributed by atoms with E-state index in [1.807, 2.05) is 27.7 Å². The number of nitrogens with one attached hydrogen (secondary N) is 1. The summed E-state index contributed by atoms with van der Waals surface area (Å²) >= 11 is 0. The highest BCUT2D eigenvalue weighted by molar-refractivity contribution is 5.76. The number of carbonyl (C=O) groups is 1. The first-order valence-corrected chi connectivity index (χ1v) is 5.15. The van der Waals surface area contributed by atoms with Gasteiger partial charge in [0.25, 0.3) is 0 Å². The van der Waals surface area contributed by atoms with Crippen LogP contribution in [0.25, 0.3) is 0 Å². The molecule has 0 aromatic carbocycles. The average molecular weight is 217 g/mol. The zero-order valence-electron chi connectivity index (χ0n) is 10.4. The molecule has 0 rings (SSSR count). The maximum Gasteiger partial charge on any atom is 0.312 e. The lowest BCUT2D eigenvalue weighted by atomic mass is 9.91. The fourth-order valence-corrected chi connectivity index (χ4v) is 1.12. The summed E-state index contributed by atoms with van der Waals surface area (Å²) in [6.07, 6.45) is 0. The summed E-state index contributed by atoms with van der Waals surface area (Å²) in [6, 6.07) is 0. The van der Waals surface area contributed by atoms with E-state index in [0.29, 0.717) is 13.1 Å². The summed E-state index contributed by atoms with van der Waals surface area (Å²) in [7, 11) is 1.39. The van der Waals surface area contributed by atoms with Crippen molar-refractivity contribution in [3.8, 4) is 0 Å². The molecule has 4 heteroatoms. The average Bonchev–Trinajstić information content (AvgIpc) is 2.16. The molecule has 0 bridgehead atoms. The lowest BCUT2D eigenvalue weighted by molar-refractivity contribution is -0.150. The third-order valence-electron chi connectivity index (χ3n) is 2.34. The van der Waals surface area contributed by atoms with Crippen LogP contribution in [0.2, 0.25) is 0 Å². The number of esters is 1. The van der Waals surface area contributed by atoms with Crippen molar-refractivity contribution in [1.82, 2.24) is 5.32 Å². The summed E-state index contributed by atoms with van der Waals surface area (Å²) in [5.74, 6) is -0.225. The molecule has 0 spiro atoms. The first kappa shape index (κ1) is 14.4. The van der Waals surface area contributed by atoms with E-state index in [2.05, 4.69) is 5.32 Å². The Labute approximate surface area is 92.0 Å². The van der Waals surface area contributed by atoms with E-state index in [-0.39, 0.29) is 18.0 Å². The molecule has 90 valence electrons. The molecule has 0 aromatic rings. The van der Waals surface area contributed by atoms with Crippen molar-refractivity contribution in [2.75, 3.05) is 26.8 Å². The van der Waals surface area contributed by atoms with Crippen LogP contribution in [0.3, 0.4) is 0 Å². The first-order valence-electron chi connectivity index (χ1n) is 5.15. The Morgan fingerprint density at radius 2 is 1.80 bits per heavy atom. The second kappa shape index (κ2) is 5.47. The van der Waals surface area contributed by atoms with Crippen molar-refractivity contribution in [1.29, 1.82) is 0 Å². The molecule has 0 atom stereocenters. The lowest BCUT2D eigenvalue weighted by Gasteiger charge is -2.26. The van der Waals surface area contributed by atoms with Gasteiger partial charge in [0.2, 0.25) is 0 Å². The molecule has 0 aliphatic heterocycles. The minimum atomic E-state index is -0.527. The van der Waals surface area contributed by atoms with E-state index in [1.165, 1.54) is 7.11 Å². The Morgan fingerprint density at radius 1 is 1.27 bits per heavy atom. The van der Waals surface area contributed by atoms with E-state index < -0.39 is 5.41 Å². The van der Waals surface area contributed by atoms with Gasteiger partial charge in [0.1, 0.15) is 0 Å². The lowest BCUT2D eigenvalue weighted by Crippen LogP contribution is -2.41. The normalized spacial score (nSPS) is 12.7. The van der Waals surface area contributed by atoms with Crippen LogP contribution in [0.1, 0.15) is 27.7 Å². The molecule has 0 fully saturated rings. The number of methoxy groups -OCH3 is 1. The highest BCUT2D eigenvalue weighted by atomic mass is 16.5. The SMILES string of the molecule is COC(=O)C(C)(C)CNCC(C)(C)CO. The van der Waals surface area contributed by atoms with Crippen molar-refractivity contribution in [3.63, 3.8) is 0 Å². The summed E-state index contributed by atoms with van der Waals surface area (Å²) in [5.41, 5.74) is -0.688. The number of rotatable bonds is 6. The number of aliphatic hydroxyl groups is 1. The number of aliphatic hydroxyl groups excluding tert-OH is 1. The van der Waals surface area contributed by atoms with Crippen LogP contribution in [0.15, 0.2) is 0 Å². The fraction of sp³-hybridized carbons (Fsp3) is 0.909. The van der Waals surface area contributed by atoms with Gasteiger partial charge in [-0.15, -0.1) is 0 Å². The standard InChI is InChI=1S/C11H23NO3/c1-10(2,8-13)6-12-7-11(3,4)9(14)15-5/h12-13H,6-8H2,1-5H3. The predicted octanol–water partition coefficient (Wildman–Crippen LogP) is 0.794. The molecule has 2 N–H and O–H groups in total. The molecule has 0 aliphatic carbocycles. The molecule has 15 heavy (non-hydrogen) atoms. The maximum atomic E-state index is 11.3. The van der Waals surface area contributed by atoms with Crippen LogP contribution >= 0.6 is 0 Å². The van der Waals surface area contributed by atoms with Gasteiger partial charge in [-0.3, -0.25) is 4.79 Å². The topological polar surface area (TPSA) is 58.6 Å². The van der Waals surface area contributed by atoms with Gasteiger partial charge in [0.15, 0.2) is 0 Å². The molecule has 0 radical (unpaired) electrons. The summed E-state index contributed by atoms with van der Waals surface area (Å²) in [5, 5.41) is 12.2. The van der Waals surface area contributed by atoms with Gasteiger partial charge in [-0.2, -0.15) is 0 Å². The van der Waals surface area contributed by atoms with Crippen LogP contribution < -0.4 is 5.32 Å². The number of ether oxygens (including phenoxy) is 1. The molecule has 0 aliphatic rings. The van der Waals surface area contributed by atoms with Crippen molar-refractivity contribution >= 4 is 5.97 Å². The van der Waals surface area contributed by atoms with Gasteiger partial charge in [-0.05, 0) is 13.8 Å². The fourth-order valence-electron chi connectivity index (χ4n) is 1.12.